The predicted molar refractivity (Wildman–Crippen MR) is 79.8 cm³/mol. The molecule has 0 atom stereocenters. The molecule has 114 valence electrons. The molecule has 1 nitrogen and oxygen atoms in total. The highest BCUT2D eigenvalue weighted by atomic mass is 19.4. The second kappa shape index (κ2) is 6.56. The maximum Gasteiger partial charge on any atom is 0.409 e. The fraction of sp³-hybridized carbons (Fsp3) is 0.118. The smallest absolute Gasteiger partial charge is 0.256 e. The molecule has 1 aromatic carbocycles. The van der Waals surface area contributed by atoms with E-state index in [-0.39, 0.29) is 11.6 Å². The van der Waals surface area contributed by atoms with Gasteiger partial charge < -0.3 is 0 Å². The van der Waals surface area contributed by atoms with Crippen LogP contribution in [-0.2, 0) is 0 Å². The minimum atomic E-state index is -4.41. The van der Waals surface area contributed by atoms with Crippen molar-refractivity contribution in [2.45, 2.75) is 13.1 Å². The average molecular weight is 307 g/mol. The summed E-state index contributed by atoms with van der Waals surface area (Å²) in [6.07, 6.45) is 0.432. The van der Waals surface area contributed by atoms with E-state index in [1.807, 2.05) is 12.1 Å². The molecular formula is C17H13F4N. The number of allylic oxidation sites excluding steroid dienone is 6. The molecule has 2 rings (SSSR count). The molecule has 22 heavy (non-hydrogen) atoms. The largest absolute Gasteiger partial charge is 0.409 e. The van der Waals surface area contributed by atoms with Gasteiger partial charge in [-0.3, -0.25) is 4.98 Å². The Morgan fingerprint density at radius 2 is 1.86 bits per heavy atom. The summed E-state index contributed by atoms with van der Waals surface area (Å²) in [7, 11) is 0. The highest BCUT2D eigenvalue weighted by molar-refractivity contribution is 5.94. The van der Waals surface area contributed by atoms with Crippen LogP contribution in [0.2, 0.25) is 0 Å². The lowest BCUT2D eigenvalue weighted by Gasteiger charge is -2.06. The summed E-state index contributed by atoms with van der Waals surface area (Å²) in [4.78, 5) is 4.18. The molecule has 0 amide bonds. The summed E-state index contributed by atoms with van der Waals surface area (Å²) >= 11 is 0. The predicted octanol–water partition coefficient (Wildman–Crippen LogP) is 5.61. The molecule has 0 unspecified atom stereocenters. The number of hydrogen-bond donors (Lipinski definition) is 0. The van der Waals surface area contributed by atoms with Gasteiger partial charge in [0.05, 0.1) is 11.5 Å². The molecule has 0 saturated heterocycles. The monoisotopic (exact) mass is 307 g/mol. The van der Waals surface area contributed by atoms with E-state index in [4.69, 9.17) is 0 Å². The zero-order valence-corrected chi connectivity index (χ0v) is 11.7. The number of halogens is 4. The van der Waals surface area contributed by atoms with Crippen LogP contribution in [0.3, 0.4) is 0 Å². The molecule has 2 aromatic rings. The van der Waals surface area contributed by atoms with Crippen LogP contribution < -0.4 is 0 Å². The first-order chi connectivity index (χ1) is 10.4. The van der Waals surface area contributed by atoms with Crippen molar-refractivity contribution in [3.8, 4) is 0 Å². The fourth-order valence-electron chi connectivity index (χ4n) is 2.02. The normalized spacial score (nSPS) is 14.0. The maximum absolute atomic E-state index is 13.2. The van der Waals surface area contributed by atoms with Gasteiger partial charge in [-0.1, -0.05) is 36.4 Å². The number of fused-ring (bicyclic) bond motifs is 1. The summed E-state index contributed by atoms with van der Waals surface area (Å²) in [5, 5.41) is 1.62. The van der Waals surface area contributed by atoms with Crippen molar-refractivity contribution in [1.29, 1.82) is 0 Å². The van der Waals surface area contributed by atoms with Gasteiger partial charge in [-0.2, -0.15) is 13.2 Å². The third kappa shape index (κ3) is 4.28. The topological polar surface area (TPSA) is 12.9 Å². The lowest BCUT2D eigenvalue weighted by molar-refractivity contribution is -0.0798. The van der Waals surface area contributed by atoms with Crippen molar-refractivity contribution in [2.75, 3.05) is 0 Å². The molecule has 0 aliphatic rings. The van der Waals surface area contributed by atoms with Gasteiger partial charge in [0, 0.05) is 23.2 Å². The Kier molecular flexibility index (Phi) is 4.75. The van der Waals surface area contributed by atoms with Gasteiger partial charge in [0.2, 0.25) is 0 Å². The third-order valence-corrected chi connectivity index (χ3v) is 2.86. The summed E-state index contributed by atoms with van der Waals surface area (Å²) in [5.41, 5.74) is 0.708. The molecule has 0 aliphatic heterocycles. The van der Waals surface area contributed by atoms with Crippen molar-refractivity contribution in [2.24, 2.45) is 0 Å². The molecular weight excluding hydrogens is 294 g/mol. The van der Waals surface area contributed by atoms with E-state index in [1.165, 1.54) is 13.0 Å². The second-order valence-corrected chi connectivity index (χ2v) is 4.63. The van der Waals surface area contributed by atoms with Crippen LogP contribution in [0.15, 0.2) is 66.7 Å². The minimum Gasteiger partial charge on any atom is -0.256 e. The van der Waals surface area contributed by atoms with Crippen LogP contribution in [0.5, 0.6) is 0 Å². The lowest BCUT2D eigenvalue weighted by Crippen LogP contribution is -2.00. The van der Waals surface area contributed by atoms with E-state index in [0.29, 0.717) is 5.69 Å². The van der Waals surface area contributed by atoms with Crippen molar-refractivity contribution in [1.82, 2.24) is 4.98 Å². The maximum atomic E-state index is 13.2. The first-order valence-corrected chi connectivity index (χ1v) is 6.51. The summed E-state index contributed by atoms with van der Waals surface area (Å²) in [6, 6.07) is 9.07. The molecule has 1 heterocycles. The van der Waals surface area contributed by atoms with E-state index < -0.39 is 12.0 Å². The fourth-order valence-corrected chi connectivity index (χ4v) is 2.02. The van der Waals surface area contributed by atoms with Gasteiger partial charge in [0.25, 0.3) is 0 Å². The summed E-state index contributed by atoms with van der Waals surface area (Å²) in [6.45, 7) is 1.23. The molecule has 0 bridgehead atoms. The quantitative estimate of drug-likeness (QED) is 0.530. The van der Waals surface area contributed by atoms with Crippen LogP contribution in [0, 0.1) is 0 Å². The Balaban J connectivity index is 2.56. The van der Waals surface area contributed by atoms with Crippen LogP contribution in [-0.4, -0.2) is 11.2 Å². The highest BCUT2D eigenvalue weighted by Gasteiger charge is 2.21. The standard InChI is InChI=1S/C17H13F4N/c1-12(18)11-14(6-4-9-17(19,20)21)16-15-7-3-2-5-13(15)8-10-22-16/h2-11H,1H3/b9-4+,12-11+,14-6+. The number of alkyl halides is 3. The Hall–Kier alpha value is -2.43. The first kappa shape index (κ1) is 15.9. The van der Waals surface area contributed by atoms with Crippen LogP contribution >= 0.6 is 0 Å². The number of benzene rings is 1. The molecule has 0 N–H and O–H groups in total. The average Bonchev–Trinajstić information content (AvgIpc) is 2.44. The molecule has 0 saturated carbocycles. The zero-order chi connectivity index (χ0) is 16.2. The van der Waals surface area contributed by atoms with E-state index in [0.717, 1.165) is 22.9 Å². The number of hydrogen-bond acceptors (Lipinski definition) is 1. The molecule has 0 spiro atoms. The molecule has 5 heteroatoms. The Morgan fingerprint density at radius 3 is 2.55 bits per heavy atom. The van der Waals surface area contributed by atoms with Crippen molar-refractivity contribution >= 4 is 16.3 Å². The number of pyridine rings is 1. The van der Waals surface area contributed by atoms with Crippen molar-refractivity contribution in [3.63, 3.8) is 0 Å². The van der Waals surface area contributed by atoms with Gasteiger partial charge >= 0.3 is 6.18 Å². The van der Waals surface area contributed by atoms with E-state index >= 15 is 0 Å². The molecule has 0 aliphatic carbocycles. The van der Waals surface area contributed by atoms with E-state index in [2.05, 4.69) is 4.98 Å². The van der Waals surface area contributed by atoms with Crippen LogP contribution in [0.25, 0.3) is 16.3 Å². The number of rotatable bonds is 3. The Bertz CT molecular complexity index is 745. The highest BCUT2D eigenvalue weighted by Crippen LogP contribution is 2.25. The molecule has 0 radical (unpaired) electrons. The number of nitrogens with zero attached hydrogens (tertiary/aromatic N) is 1. The Labute approximate surface area is 125 Å². The van der Waals surface area contributed by atoms with Crippen LogP contribution in [0.4, 0.5) is 17.6 Å². The molecule has 1 aromatic heterocycles. The van der Waals surface area contributed by atoms with Gasteiger partial charge in [-0.25, -0.2) is 4.39 Å². The van der Waals surface area contributed by atoms with Crippen molar-refractivity contribution in [3.05, 3.63) is 72.4 Å². The van der Waals surface area contributed by atoms with Crippen molar-refractivity contribution < 1.29 is 17.6 Å². The van der Waals surface area contributed by atoms with E-state index in [1.54, 1.807) is 24.4 Å². The van der Waals surface area contributed by atoms with E-state index in [9.17, 15) is 17.6 Å². The van der Waals surface area contributed by atoms with Gasteiger partial charge in [0.15, 0.2) is 0 Å². The van der Waals surface area contributed by atoms with Gasteiger partial charge in [-0.05, 0) is 24.5 Å². The third-order valence-electron chi connectivity index (χ3n) is 2.86. The number of aromatic nitrogens is 1. The van der Waals surface area contributed by atoms with Gasteiger partial charge in [-0.15, -0.1) is 0 Å². The SMILES string of the molecule is C\C(F)=C/C(=C\C=C\C(F)(F)F)c1nccc2ccccc12. The summed E-state index contributed by atoms with van der Waals surface area (Å²) < 4.78 is 49.9. The zero-order valence-electron chi connectivity index (χ0n) is 11.7. The first-order valence-electron chi connectivity index (χ1n) is 6.51. The summed E-state index contributed by atoms with van der Waals surface area (Å²) in [5.74, 6) is -0.513. The minimum absolute atomic E-state index is 0.0968. The second-order valence-electron chi connectivity index (χ2n) is 4.63. The molecule has 0 fully saturated rings. The van der Waals surface area contributed by atoms with Crippen LogP contribution in [0.1, 0.15) is 12.6 Å². The Morgan fingerprint density at radius 1 is 1.14 bits per heavy atom. The van der Waals surface area contributed by atoms with Gasteiger partial charge in [0.1, 0.15) is 0 Å². The lowest BCUT2D eigenvalue weighted by atomic mass is 10.0.